The molecule has 0 spiro atoms. The van der Waals surface area contributed by atoms with Gasteiger partial charge >= 0.3 is 0 Å². The lowest BCUT2D eigenvalue weighted by Crippen LogP contribution is -1.71. The molecular formula is C4H7N. The fourth-order valence-electron chi connectivity index (χ4n) is 0.0786. The van der Waals surface area contributed by atoms with Crippen LogP contribution in [0.4, 0.5) is 0 Å². The smallest absolute Gasteiger partial charge is 0.00626 e. The topological polar surface area (TPSA) is 26.0 Å². The minimum atomic E-state index is 1.44. The molecule has 0 saturated heterocycles. The summed E-state index contributed by atoms with van der Waals surface area (Å²) < 4.78 is 0. The van der Waals surface area contributed by atoms with Crippen molar-refractivity contribution in [2.75, 3.05) is 0 Å². The molecule has 0 aliphatic rings. The van der Waals surface area contributed by atoms with Crippen LogP contribution in [0.1, 0.15) is 0 Å². The van der Waals surface area contributed by atoms with Gasteiger partial charge in [-0.25, -0.2) is 0 Å². The van der Waals surface area contributed by atoms with Gasteiger partial charge in [-0.3, -0.25) is 0 Å². The second-order valence-corrected chi connectivity index (χ2v) is 0.621. The predicted octanol–water partition coefficient (Wildman–Crippen LogP) is 0.645. The second-order valence-electron chi connectivity index (χ2n) is 0.621. The van der Waals surface area contributed by atoms with Crippen LogP contribution in [0.5, 0.6) is 0 Å². The number of hydrogen-bond donors (Lipinski definition) is 1. The van der Waals surface area contributed by atoms with Gasteiger partial charge in [0.05, 0.1) is 0 Å². The number of nitrogens with two attached hydrogens (primary N) is 1. The molecule has 28 valence electrons. The van der Waals surface area contributed by atoms with Crippen molar-refractivity contribution in [1.29, 1.82) is 0 Å². The lowest BCUT2D eigenvalue weighted by Gasteiger charge is -1.58. The van der Waals surface area contributed by atoms with Crippen LogP contribution in [0.2, 0.25) is 0 Å². The average molecular weight is 69.1 g/mol. The van der Waals surface area contributed by atoms with E-state index in [9.17, 15) is 0 Å². The van der Waals surface area contributed by atoms with Gasteiger partial charge in [-0.2, -0.15) is 0 Å². The highest BCUT2D eigenvalue weighted by Gasteiger charge is 1.41. The zero-order chi connectivity index (χ0) is 4.12. The third-order valence-electron chi connectivity index (χ3n) is 0.247. The molecule has 0 aromatic rings. The Morgan fingerprint density at radius 3 is 2.20 bits per heavy atom. The van der Waals surface area contributed by atoms with Crippen LogP contribution in [0.3, 0.4) is 0 Å². The maximum Gasteiger partial charge on any atom is -0.00626 e. The Hall–Kier alpha value is -0.720. The normalized spacial score (nSPS) is 8.80. The molecule has 0 radical (unpaired) electrons. The van der Waals surface area contributed by atoms with E-state index in [4.69, 9.17) is 5.73 Å². The lowest BCUT2D eigenvalue weighted by atomic mass is 10.6. The first-order valence-electron chi connectivity index (χ1n) is 1.41. The van der Waals surface area contributed by atoms with Crippen molar-refractivity contribution in [2.45, 2.75) is 0 Å². The molecule has 0 heterocycles. The Labute approximate surface area is 31.8 Å². The van der Waals surface area contributed by atoms with Crippen LogP contribution in [0.25, 0.3) is 0 Å². The first kappa shape index (κ1) is 4.28. The molecule has 1 heteroatoms. The predicted molar refractivity (Wildman–Crippen MR) is 23.5 cm³/mol. The van der Waals surface area contributed by atoms with E-state index in [1.807, 2.05) is 0 Å². The van der Waals surface area contributed by atoms with Gasteiger partial charge in [-0.1, -0.05) is 12.7 Å². The van der Waals surface area contributed by atoms with E-state index in [1.54, 1.807) is 12.2 Å². The van der Waals surface area contributed by atoms with Gasteiger partial charge < -0.3 is 5.73 Å². The summed E-state index contributed by atoms with van der Waals surface area (Å²) in [6.07, 6.45) is 4.73. The molecule has 0 saturated carbocycles. The molecule has 0 rings (SSSR count). The molecule has 5 heavy (non-hydrogen) atoms. The lowest BCUT2D eigenvalue weighted by molar-refractivity contribution is 1.61. The first-order valence-corrected chi connectivity index (χ1v) is 1.41. The van der Waals surface area contributed by atoms with E-state index in [1.165, 1.54) is 6.20 Å². The van der Waals surface area contributed by atoms with Crippen molar-refractivity contribution < 1.29 is 0 Å². The van der Waals surface area contributed by atoms with Gasteiger partial charge in [0.15, 0.2) is 0 Å². The molecule has 1 nitrogen and oxygen atoms in total. The van der Waals surface area contributed by atoms with Crippen molar-refractivity contribution in [2.24, 2.45) is 5.73 Å². The van der Waals surface area contributed by atoms with E-state index >= 15 is 0 Å². The summed E-state index contributed by atoms with van der Waals surface area (Å²) in [6.45, 7) is 3.38. The maximum atomic E-state index is 4.89. The van der Waals surface area contributed by atoms with Gasteiger partial charge in [-0.05, 0) is 12.3 Å². The van der Waals surface area contributed by atoms with Crippen LogP contribution >= 0.6 is 0 Å². The summed E-state index contributed by atoms with van der Waals surface area (Å²) in [6, 6.07) is 0. The monoisotopic (exact) mass is 69.1 g/mol. The van der Waals surface area contributed by atoms with Gasteiger partial charge in [0.2, 0.25) is 0 Å². The van der Waals surface area contributed by atoms with Crippen molar-refractivity contribution in [3.8, 4) is 0 Å². The van der Waals surface area contributed by atoms with Gasteiger partial charge in [0.1, 0.15) is 0 Å². The molecule has 0 unspecified atom stereocenters. The highest BCUT2D eigenvalue weighted by molar-refractivity contribution is 4.93. The fraction of sp³-hybridized carbons (Fsp3) is 0. The van der Waals surface area contributed by atoms with Crippen LogP contribution in [0.15, 0.2) is 24.9 Å². The van der Waals surface area contributed by atoms with Crippen LogP contribution in [0, 0.1) is 0 Å². The largest absolute Gasteiger partial charge is 0.405 e. The summed E-state index contributed by atoms with van der Waals surface area (Å²) in [5, 5.41) is 0. The van der Waals surface area contributed by atoms with Gasteiger partial charge in [0, 0.05) is 0 Å². The van der Waals surface area contributed by atoms with Crippen molar-refractivity contribution in [3.63, 3.8) is 0 Å². The van der Waals surface area contributed by atoms with Crippen molar-refractivity contribution in [3.05, 3.63) is 24.9 Å². The Morgan fingerprint density at radius 1 is 1.60 bits per heavy atom. The van der Waals surface area contributed by atoms with Crippen LogP contribution in [-0.2, 0) is 0 Å². The fourth-order valence-corrected chi connectivity index (χ4v) is 0.0786. The zero-order valence-electron chi connectivity index (χ0n) is 3.02. The van der Waals surface area contributed by atoms with Crippen LogP contribution < -0.4 is 5.73 Å². The Bertz CT molecular complexity index is 45.6. The third-order valence-corrected chi connectivity index (χ3v) is 0.247. The van der Waals surface area contributed by atoms with E-state index in [0.29, 0.717) is 0 Å². The molecule has 0 aromatic carbocycles. The molecule has 0 aliphatic heterocycles. The standard InChI is InChI=1S/C4H7N/c1-2-3-4-5/h2-4H,1,5H2. The second kappa shape index (κ2) is 3.28. The maximum absolute atomic E-state index is 4.89. The Balaban J connectivity index is 2.92. The minimum Gasteiger partial charge on any atom is -0.405 e. The molecule has 0 atom stereocenters. The summed E-state index contributed by atoms with van der Waals surface area (Å²) >= 11 is 0. The first-order chi connectivity index (χ1) is 2.41. The molecule has 0 aromatic heterocycles. The summed E-state index contributed by atoms with van der Waals surface area (Å²) in [5.41, 5.74) is 4.89. The molecule has 0 aliphatic carbocycles. The molecule has 0 amide bonds. The highest BCUT2D eigenvalue weighted by atomic mass is 14.5. The SMILES string of the molecule is C=CC=CN. The molecule has 0 bridgehead atoms. The van der Waals surface area contributed by atoms with E-state index in [0.717, 1.165) is 0 Å². The highest BCUT2D eigenvalue weighted by Crippen LogP contribution is 1.58. The average Bonchev–Trinajstić information content (AvgIpc) is 1.41. The van der Waals surface area contributed by atoms with Crippen molar-refractivity contribution in [1.82, 2.24) is 0 Å². The van der Waals surface area contributed by atoms with Gasteiger partial charge in [0.25, 0.3) is 0 Å². The van der Waals surface area contributed by atoms with Crippen molar-refractivity contribution >= 4 is 0 Å². The molecular weight excluding hydrogens is 62.1 g/mol. The Kier molecular flexibility index (Phi) is 2.81. The summed E-state index contributed by atoms with van der Waals surface area (Å²) in [5.74, 6) is 0. The van der Waals surface area contributed by atoms with Gasteiger partial charge in [-0.15, -0.1) is 0 Å². The summed E-state index contributed by atoms with van der Waals surface area (Å²) in [7, 11) is 0. The van der Waals surface area contributed by atoms with E-state index < -0.39 is 0 Å². The quantitative estimate of drug-likeness (QED) is 0.449. The number of rotatable bonds is 1. The van der Waals surface area contributed by atoms with E-state index in [-0.39, 0.29) is 0 Å². The zero-order valence-corrected chi connectivity index (χ0v) is 3.02. The number of hydrogen-bond acceptors (Lipinski definition) is 1. The third kappa shape index (κ3) is 3.28. The minimum absolute atomic E-state index is 1.44. The van der Waals surface area contributed by atoms with E-state index in [2.05, 4.69) is 6.58 Å². The molecule has 0 fully saturated rings. The number of allylic oxidation sites excluding steroid dienone is 2. The summed E-state index contributed by atoms with van der Waals surface area (Å²) in [4.78, 5) is 0. The molecule has 2 N–H and O–H groups in total. The Morgan fingerprint density at radius 2 is 2.20 bits per heavy atom. The van der Waals surface area contributed by atoms with Crippen LogP contribution in [-0.4, -0.2) is 0 Å².